The Labute approximate surface area is 293 Å². The number of carboxylic acids is 1. The maximum Gasteiger partial charge on any atom is 0.429 e. The molecule has 0 spiro atoms. The van der Waals surface area contributed by atoms with Gasteiger partial charge in [-0.25, -0.2) is 9.37 Å². The summed E-state index contributed by atoms with van der Waals surface area (Å²) in [5.74, 6) is -2.28. The lowest BCUT2D eigenvalue weighted by Gasteiger charge is -2.28. The number of nitrogens with two attached hydrogens (primary N) is 3. The first kappa shape index (κ1) is 42.1. The zero-order valence-corrected chi connectivity index (χ0v) is 28.6. The summed E-state index contributed by atoms with van der Waals surface area (Å²) in [5.41, 5.74) is 18.5. The molecule has 2 atom stereocenters. The molecule has 0 bridgehead atoms. The van der Waals surface area contributed by atoms with Crippen LogP contribution in [0.3, 0.4) is 0 Å². The van der Waals surface area contributed by atoms with Gasteiger partial charge in [-0.3, -0.25) is 13.9 Å². The number of aromatic nitrogens is 2. The van der Waals surface area contributed by atoms with Crippen LogP contribution in [0.1, 0.15) is 30.1 Å². The van der Waals surface area contributed by atoms with Gasteiger partial charge >= 0.3 is 27.3 Å². The first-order valence-electron chi connectivity index (χ1n) is 14.9. The van der Waals surface area contributed by atoms with Crippen LogP contribution in [-0.4, -0.2) is 69.6 Å². The number of aliphatic hydroxyl groups is 1. The second kappa shape index (κ2) is 17.0. The summed E-state index contributed by atoms with van der Waals surface area (Å²) >= 11 is 0. The molecule has 0 aliphatic carbocycles. The molecular formula is C31H35F4N5O10P2. The summed E-state index contributed by atoms with van der Waals surface area (Å²) in [7, 11) is -10.6. The normalized spacial score (nSPS) is 13.4. The molecule has 1 unspecified atom stereocenters. The van der Waals surface area contributed by atoms with E-state index in [-0.39, 0.29) is 42.5 Å². The Morgan fingerprint density at radius 2 is 1.44 bits per heavy atom. The summed E-state index contributed by atoms with van der Waals surface area (Å²) in [6.07, 6.45) is -7.90. The average molecular weight is 776 g/mol. The fourth-order valence-electron chi connectivity index (χ4n) is 4.57. The topological polar surface area (TPSA) is 286 Å². The molecule has 0 saturated heterocycles. The highest BCUT2D eigenvalue weighted by molar-refractivity contribution is 7.72. The van der Waals surface area contributed by atoms with E-state index in [4.69, 9.17) is 46.6 Å². The smallest absolute Gasteiger partial charge is 0.429 e. The lowest BCUT2D eigenvalue weighted by atomic mass is 10.0. The van der Waals surface area contributed by atoms with E-state index in [0.29, 0.717) is 22.3 Å². The van der Waals surface area contributed by atoms with Crippen LogP contribution in [0.5, 0.6) is 5.88 Å². The van der Waals surface area contributed by atoms with Crippen LogP contribution in [0, 0.1) is 5.82 Å². The molecule has 1 heterocycles. The molecule has 4 rings (SSSR count). The third-order valence-electron chi connectivity index (χ3n) is 7.30. The quantitative estimate of drug-likeness (QED) is 0.0688. The fraction of sp³-hybridized carbons (Fsp3) is 0.258. The van der Waals surface area contributed by atoms with Gasteiger partial charge in [0.05, 0.1) is 5.69 Å². The second-order valence-corrected chi connectivity index (χ2v) is 15.2. The number of aliphatic carboxylic acids is 1. The molecule has 282 valence electrons. The van der Waals surface area contributed by atoms with Gasteiger partial charge in [-0.15, -0.1) is 0 Å². The molecule has 4 aromatic rings. The number of nitrogen functional groups attached to an aromatic ring is 1. The minimum atomic E-state index is -5.30. The van der Waals surface area contributed by atoms with E-state index >= 15 is 0 Å². The number of benzene rings is 3. The Morgan fingerprint density at radius 1 is 0.865 bits per heavy atom. The van der Waals surface area contributed by atoms with Gasteiger partial charge in [-0.05, 0) is 48.2 Å². The number of ether oxygens (including phenoxy) is 1. The number of alkyl halides is 3. The van der Waals surface area contributed by atoms with E-state index in [9.17, 15) is 36.6 Å². The van der Waals surface area contributed by atoms with E-state index in [0.717, 1.165) is 0 Å². The van der Waals surface area contributed by atoms with Gasteiger partial charge < -0.3 is 51.7 Å². The van der Waals surface area contributed by atoms with Crippen molar-refractivity contribution < 1.29 is 66.0 Å². The minimum absolute atomic E-state index is 0.0394. The van der Waals surface area contributed by atoms with Crippen LogP contribution < -0.4 is 21.9 Å². The molecule has 15 nitrogen and oxygen atoms in total. The lowest BCUT2D eigenvalue weighted by Crippen LogP contribution is -2.32. The van der Waals surface area contributed by atoms with E-state index in [1.807, 2.05) is 0 Å². The molecular weight excluding hydrogens is 740 g/mol. The zero-order valence-electron chi connectivity index (χ0n) is 26.8. The summed E-state index contributed by atoms with van der Waals surface area (Å²) in [6, 6.07) is 17.8. The monoisotopic (exact) mass is 775 g/mol. The van der Waals surface area contributed by atoms with E-state index in [1.54, 1.807) is 30.3 Å². The highest BCUT2D eigenvalue weighted by Crippen LogP contribution is 2.69. The molecule has 3 aromatic carbocycles. The molecule has 21 heteroatoms. The van der Waals surface area contributed by atoms with Gasteiger partial charge in [-0.1, -0.05) is 60.7 Å². The van der Waals surface area contributed by atoms with Gasteiger partial charge in [-0.2, -0.15) is 18.2 Å². The van der Waals surface area contributed by atoms with Crippen LogP contribution in [0.15, 0.2) is 78.9 Å². The van der Waals surface area contributed by atoms with Gasteiger partial charge in [0, 0.05) is 23.6 Å². The number of hydrogen-bond donors (Lipinski definition) is 9. The largest absolute Gasteiger partial charge is 0.480 e. The zero-order chi connectivity index (χ0) is 39.1. The molecule has 0 radical (unpaired) electrons. The summed E-state index contributed by atoms with van der Waals surface area (Å²) in [5, 5.41) is 14.9. The number of carboxylic acid groups (broad SMARTS) is 1. The van der Waals surface area contributed by atoms with Crippen LogP contribution >= 0.6 is 15.2 Å². The first-order valence-corrected chi connectivity index (χ1v) is 18.1. The third-order valence-corrected chi connectivity index (χ3v) is 11.2. The summed E-state index contributed by atoms with van der Waals surface area (Å²) in [4.78, 5) is 53.4. The van der Waals surface area contributed by atoms with Crippen LogP contribution in [-0.2, 0) is 20.3 Å². The molecule has 0 saturated carbocycles. The van der Waals surface area contributed by atoms with Crippen molar-refractivity contribution in [1.29, 1.82) is 0 Å². The number of anilines is 1. The molecule has 0 aliphatic rings. The van der Waals surface area contributed by atoms with Crippen molar-refractivity contribution in [3.8, 4) is 28.3 Å². The van der Waals surface area contributed by atoms with E-state index < -0.39 is 56.8 Å². The molecule has 0 aliphatic heterocycles. The van der Waals surface area contributed by atoms with E-state index in [1.165, 1.54) is 48.5 Å². The number of hydrogen-bond acceptors (Lipinski definition) is 10. The van der Waals surface area contributed by atoms with Gasteiger partial charge in [0.2, 0.25) is 17.9 Å². The second-order valence-electron chi connectivity index (χ2n) is 11.2. The maximum absolute atomic E-state index is 14.0. The summed E-state index contributed by atoms with van der Waals surface area (Å²) < 4.78 is 82.2. The molecule has 0 fully saturated rings. The predicted octanol–water partition coefficient (Wildman–Crippen LogP) is 3.90. The molecule has 12 N–H and O–H groups in total. The van der Waals surface area contributed by atoms with Crippen molar-refractivity contribution >= 4 is 27.1 Å². The summed E-state index contributed by atoms with van der Waals surface area (Å²) in [6.45, 7) is -0.0394. The van der Waals surface area contributed by atoms with Gasteiger partial charge in [0.1, 0.15) is 11.9 Å². The Hall–Kier alpha value is -4.29. The predicted molar refractivity (Wildman–Crippen MR) is 180 cm³/mol. The van der Waals surface area contributed by atoms with Gasteiger partial charge in [0.15, 0.2) is 0 Å². The van der Waals surface area contributed by atoms with E-state index in [2.05, 4.69) is 9.97 Å². The Balaban J connectivity index is 0.000000442. The van der Waals surface area contributed by atoms with Gasteiger partial charge in [0.25, 0.3) is 5.08 Å². The number of nitrogens with zero attached hydrogens (tertiary/aromatic N) is 2. The van der Waals surface area contributed by atoms with Crippen molar-refractivity contribution in [2.75, 3.05) is 12.3 Å². The highest BCUT2D eigenvalue weighted by Gasteiger charge is 2.58. The lowest BCUT2D eigenvalue weighted by molar-refractivity contribution is -0.198. The van der Waals surface area contributed by atoms with Crippen LogP contribution in [0.2, 0.25) is 0 Å². The average Bonchev–Trinajstić information content (AvgIpc) is 3.05. The number of halogens is 4. The van der Waals surface area contributed by atoms with Crippen molar-refractivity contribution in [3.05, 3.63) is 95.8 Å². The Kier molecular flexibility index (Phi) is 13.8. The van der Waals surface area contributed by atoms with Crippen molar-refractivity contribution in [2.45, 2.75) is 42.7 Å². The Morgan fingerprint density at radius 3 is 1.94 bits per heavy atom. The molecule has 52 heavy (non-hydrogen) atoms. The minimum Gasteiger partial charge on any atom is -0.480 e. The maximum atomic E-state index is 14.0. The number of rotatable bonds is 13. The SMILES string of the molecule is NCCCC(O)(P(=O)(O)O)P(=O)(O)O.Nc1nc(OC(c2ccc(-c3cccc(F)c3)cc2)C(F)(F)F)cc(-c2ccc(C[C@H](N)C(=O)O)cc2)n1. The van der Waals surface area contributed by atoms with Crippen LogP contribution in [0.4, 0.5) is 23.5 Å². The standard InChI is InChI=1S/C27H22F4N4O3.C4H13NO7P2/c28-20-3-1-2-19(13-20)16-8-10-18(11-9-16)24(27(29,30)31)38-23-14-22(34-26(33)35-23)17-6-4-15(5-7-17)12-21(32)25(36)37;5-3-1-2-4(6,13(7,8)9)14(10,11)12/h1-11,13-14,21,24H,12,32H2,(H,36,37)(H2,33,34,35);6H,1-3,5H2,(H2,7,8,9)(H2,10,11,12)/t21-,24?;/m0./s1. The van der Waals surface area contributed by atoms with Crippen molar-refractivity contribution in [3.63, 3.8) is 0 Å². The first-order chi connectivity index (χ1) is 24.1. The molecule has 1 aromatic heterocycles. The number of carbonyl (C=O) groups is 1. The highest BCUT2D eigenvalue weighted by atomic mass is 31.2. The third kappa shape index (κ3) is 11.1. The Bertz CT molecular complexity index is 1900. The fourth-order valence-corrected chi connectivity index (χ4v) is 6.82. The van der Waals surface area contributed by atoms with Crippen LogP contribution in [0.25, 0.3) is 22.4 Å². The van der Waals surface area contributed by atoms with Crippen molar-refractivity contribution in [2.24, 2.45) is 11.5 Å². The molecule has 0 amide bonds. The van der Waals surface area contributed by atoms with Crippen molar-refractivity contribution in [1.82, 2.24) is 9.97 Å².